The number of carbonyl (C=O) groups excluding carboxylic acids is 1. The Morgan fingerprint density at radius 1 is 1.25 bits per heavy atom. The molecule has 1 saturated carbocycles. The van der Waals surface area contributed by atoms with Gasteiger partial charge < -0.3 is 9.73 Å². The van der Waals surface area contributed by atoms with E-state index >= 15 is 0 Å². The van der Waals surface area contributed by atoms with E-state index in [4.69, 9.17) is 4.42 Å². The molecule has 1 heterocycles. The molecule has 1 aliphatic carbocycles. The summed E-state index contributed by atoms with van der Waals surface area (Å²) < 4.78 is 5.44. The van der Waals surface area contributed by atoms with Gasteiger partial charge >= 0.3 is 0 Å². The highest BCUT2D eigenvalue weighted by Gasteiger charge is 2.23. The summed E-state index contributed by atoms with van der Waals surface area (Å²) in [6, 6.07) is 7.51. The van der Waals surface area contributed by atoms with Crippen LogP contribution in [0.1, 0.15) is 31.6 Å². The second kappa shape index (κ2) is 5.45. The SMILES string of the molecule is Cc1nnc(-c2ccccc2NC(=O)C2CCCC2)o1. The van der Waals surface area contributed by atoms with E-state index in [2.05, 4.69) is 15.5 Å². The van der Waals surface area contributed by atoms with Gasteiger partial charge in [0.15, 0.2) is 0 Å². The Balaban J connectivity index is 1.84. The summed E-state index contributed by atoms with van der Waals surface area (Å²) in [6.07, 6.45) is 4.24. The predicted molar refractivity (Wildman–Crippen MR) is 75.1 cm³/mol. The molecule has 0 saturated heterocycles. The number of hydrogen-bond donors (Lipinski definition) is 1. The fraction of sp³-hybridized carbons (Fsp3) is 0.400. The highest BCUT2D eigenvalue weighted by atomic mass is 16.4. The van der Waals surface area contributed by atoms with Gasteiger partial charge in [-0.3, -0.25) is 4.79 Å². The molecule has 1 aliphatic rings. The van der Waals surface area contributed by atoms with Crippen molar-refractivity contribution in [2.75, 3.05) is 5.32 Å². The molecular formula is C15H17N3O2. The molecule has 1 fully saturated rings. The van der Waals surface area contributed by atoms with Crippen LogP contribution in [-0.2, 0) is 4.79 Å². The molecule has 0 bridgehead atoms. The van der Waals surface area contributed by atoms with Gasteiger partial charge in [0.05, 0.1) is 11.3 Å². The van der Waals surface area contributed by atoms with Crippen LogP contribution >= 0.6 is 0 Å². The van der Waals surface area contributed by atoms with Crippen molar-refractivity contribution >= 4 is 11.6 Å². The average Bonchev–Trinajstić information content (AvgIpc) is 3.10. The largest absolute Gasteiger partial charge is 0.421 e. The van der Waals surface area contributed by atoms with E-state index in [0.29, 0.717) is 11.8 Å². The molecule has 3 rings (SSSR count). The van der Waals surface area contributed by atoms with E-state index < -0.39 is 0 Å². The molecule has 1 amide bonds. The molecule has 0 unspecified atom stereocenters. The Hall–Kier alpha value is -2.17. The lowest BCUT2D eigenvalue weighted by Crippen LogP contribution is -2.20. The topological polar surface area (TPSA) is 68.0 Å². The third kappa shape index (κ3) is 2.57. The van der Waals surface area contributed by atoms with Gasteiger partial charge in [-0.1, -0.05) is 25.0 Å². The van der Waals surface area contributed by atoms with Crippen molar-refractivity contribution in [1.82, 2.24) is 10.2 Å². The lowest BCUT2D eigenvalue weighted by Gasteiger charge is -2.12. The zero-order valence-electron chi connectivity index (χ0n) is 11.4. The molecule has 104 valence electrons. The van der Waals surface area contributed by atoms with E-state index in [0.717, 1.165) is 36.9 Å². The minimum Gasteiger partial charge on any atom is -0.421 e. The van der Waals surface area contributed by atoms with Crippen molar-refractivity contribution in [3.63, 3.8) is 0 Å². The monoisotopic (exact) mass is 271 g/mol. The van der Waals surface area contributed by atoms with Crippen LogP contribution in [0.4, 0.5) is 5.69 Å². The van der Waals surface area contributed by atoms with Crippen molar-refractivity contribution < 1.29 is 9.21 Å². The van der Waals surface area contributed by atoms with Crippen LogP contribution in [0.2, 0.25) is 0 Å². The number of aryl methyl sites for hydroxylation is 1. The maximum atomic E-state index is 12.2. The van der Waals surface area contributed by atoms with Crippen molar-refractivity contribution in [2.45, 2.75) is 32.6 Å². The number of nitrogens with one attached hydrogen (secondary N) is 1. The van der Waals surface area contributed by atoms with Gasteiger partial charge in [0, 0.05) is 12.8 Å². The lowest BCUT2D eigenvalue weighted by atomic mass is 10.1. The lowest BCUT2D eigenvalue weighted by molar-refractivity contribution is -0.119. The highest BCUT2D eigenvalue weighted by molar-refractivity contribution is 5.96. The zero-order chi connectivity index (χ0) is 13.9. The molecular weight excluding hydrogens is 254 g/mol. The number of nitrogens with zero attached hydrogens (tertiary/aromatic N) is 2. The van der Waals surface area contributed by atoms with Crippen LogP contribution in [0, 0.1) is 12.8 Å². The maximum Gasteiger partial charge on any atom is 0.249 e. The summed E-state index contributed by atoms with van der Waals surface area (Å²) in [5, 5.41) is 10.8. The number of hydrogen-bond acceptors (Lipinski definition) is 4. The van der Waals surface area contributed by atoms with Gasteiger partial charge in [-0.2, -0.15) is 0 Å². The minimum absolute atomic E-state index is 0.0891. The summed E-state index contributed by atoms with van der Waals surface area (Å²) in [5.41, 5.74) is 1.49. The average molecular weight is 271 g/mol. The normalized spacial score (nSPS) is 15.4. The fourth-order valence-electron chi connectivity index (χ4n) is 2.61. The minimum atomic E-state index is 0.0891. The first kappa shape index (κ1) is 12.8. The molecule has 1 N–H and O–H groups in total. The van der Waals surface area contributed by atoms with Crippen molar-refractivity contribution in [3.8, 4) is 11.5 Å². The second-order valence-electron chi connectivity index (χ2n) is 5.14. The molecule has 0 aliphatic heterocycles. The summed E-state index contributed by atoms with van der Waals surface area (Å²) >= 11 is 0. The van der Waals surface area contributed by atoms with Gasteiger partial charge in [0.25, 0.3) is 0 Å². The standard InChI is InChI=1S/C15H17N3O2/c1-10-17-18-15(20-10)12-8-4-5-9-13(12)16-14(19)11-6-2-3-7-11/h4-5,8-9,11H,2-3,6-7H2,1H3,(H,16,19). The fourth-order valence-corrected chi connectivity index (χ4v) is 2.61. The first-order chi connectivity index (χ1) is 9.74. The van der Waals surface area contributed by atoms with Gasteiger partial charge in [0.1, 0.15) is 0 Å². The van der Waals surface area contributed by atoms with E-state index in [1.807, 2.05) is 24.3 Å². The first-order valence-electron chi connectivity index (χ1n) is 6.94. The molecule has 5 nitrogen and oxygen atoms in total. The number of carbonyl (C=O) groups is 1. The van der Waals surface area contributed by atoms with Crippen LogP contribution in [0.3, 0.4) is 0 Å². The van der Waals surface area contributed by atoms with Gasteiger partial charge in [-0.25, -0.2) is 0 Å². The summed E-state index contributed by atoms with van der Waals surface area (Å²) in [4.78, 5) is 12.2. The van der Waals surface area contributed by atoms with Gasteiger partial charge in [-0.15, -0.1) is 10.2 Å². The Labute approximate surface area is 117 Å². The zero-order valence-corrected chi connectivity index (χ0v) is 11.4. The number of anilines is 1. The van der Waals surface area contributed by atoms with Crippen LogP contribution < -0.4 is 5.32 Å². The Morgan fingerprint density at radius 3 is 2.70 bits per heavy atom. The van der Waals surface area contributed by atoms with Crippen LogP contribution in [0.25, 0.3) is 11.5 Å². The number of amides is 1. The Morgan fingerprint density at radius 2 is 2.00 bits per heavy atom. The summed E-state index contributed by atoms with van der Waals surface area (Å²) in [6.45, 7) is 1.75. The van der Waals surface area contributed by atoms with Crippen molar-refractivity contribution in [1.29, 1.82) is 0 Å². The third-order valence-electron chi connectivity index (χ3n) is 3.67. The van der Waals surface area contributed by atoms with Crippen LogP contribution in [0.5, 0.6) is 0 Å². The predicted octanol–water partition coefficient (Wildman–Crippen LogP) is 3.17. The van der Waals surface area contributed by atoms with E-state index in [1.54, 1.807) is 6.92 Å². The molecule has 2 aromatic rings. The van der Waals surface area contributed by atoms with Crippen molar-refractivity contribution in [2.24, 2.45) is 5.92 Å². The Kier molecular flexibility index (Phi) is 3.50. The maximum absolute atomic E-state index is 12.2. The van der Waals surface area contributed by atoms with Gasteiger partial charge in [0.2, 0.25) is 17.7 Å². The number of benzene rings is 1. The first-order valence-corrected chi connectivity index (χ1v) is 6.94. The number of para-hydroxylation sites is 1. The summed E-state index contributed by atoms with van der Waals surface area (Å²) in [5.74, 6) is 1.17. The smallest absolute Gasteiger partial charge is 0.249 e. The summed E-state index contributed by atoms with van der Waals surface area (Å²) in [7, 11) is 0. The Bertz CT molecular complexity index is 615. The van der Waals surface area contributed by atoms with Gasteiger partial charge in [-0.05, 0) is 25.0 Å². The molecule has 0 radical (unpaired) electrons. The molecule has 0 spiro atoms. The molecule has 20 heavy (non-hydrogen) atoms. The quantitative estimate of drug-likeness (QED) is 0.931. The van der Waals surface area contributed by atoms with E-state index in [1.165, 1.54) is 0 Å². The molecule has 0 atom stereocenters. The van der Waals surface area contributed by atoms with E-state index in [9.17, 15) is 4.79 Å². The van der Waals surface area contributed by atoms with Crippen LogP contribution in [0.15, 0.2) is 28.7 Å². The highest BCUT2D eigenvalue weighted by Crippen LogP contribution is 2.30. The number of rotatable bonds is 3. The number of aromatic nitrogens is 2. The second-order valence-corrected chi connectivity index (χ2v) is 5.14. The van der Waals surface area contributed by atoms with Crippen molar-refractivity contribution in [3.05, 3.63) is 30.2 Å². The van der Waals surface area contributed by atoms with Crippen LogP contribution in [-0.4, -0.2) is 16.1 Å². The molecule has 5 heteroatoms. The molecule has 1 aromatic heterocycles. The van der Waals surface area contributed by atoms with E-state index in [-0.39, 0.29) is 11.8 Å². The molecule has 1 aromatic carbocycles. The third-order valence-corrected chi connectivity index (χ3v) is 3.67.